The van der Waals surface area contributed by atoms with Crippen LogP contribution >= 0.6 is 0 Å². The lowest BCUT2D eigenvalue weighted by molar-refractivity contribution is 0.0961. The topological polar surface area (TPSA) is 81.2 Å². The van der Waals surface area contributed by atoms with E-state index in [4.69, 9.17) is 5.73 Å². The van der Waals surface area contributed by atoms with Crippen LogP contribution in [0.1, 0.15) is 29.0 Å². The largest absolute Gasteiger partial charge is 0.364 e. The molecule has 1 amide bonds. The lowest BCUT2D eigenvalue weighted by Crippen LogP contribution is -2.20. The maximum absolute atomic E-state index is 11.1. The third-order valence-corrected chi connectivity index (χ3v) is 1.50. The van der Waals surface area contributed by atoms with E-state index in [1.165, 1.54) is 6.26 Å². The molecular weight excluding hydrogens is 158 g/mol. The van der Waals surface area contributed by atoms with E-state index >= 15 is 0 Å². The first kappa shape index (κ1) is 8.73. The summed E-state index contributed by atoms with van der Waals surface area (Å²) in [6.45, 7) is 1.74. The number of nitrogens with two attached hydrogens (primary N) is 1. The van der Waals surface area contributed by atoms with Crippen molar-refractivity contribution in [1.82, 2.24) is 10.5 Å². The number of carbonyl (C=O) groups is 1. The quantitative estimate of drug-likeness (QED) is 0.655. The number of nitrogens with zero attached hydrogens (tertiary/aromatic N) is 1. The number of hydrogen-bond donors (Lipinski definition) is 2. The van der Waals surface area contributed by atoms with Crippen molar-refractivity contribution in [2.75, 3.05) is 7.05 Å². The number of nitrogens with one attached hydrogen (secondary N) is 1. The molecule has 0 aliphatic rings. The Bertz CT molecular complexity index is 280. The fourth-order valence-corrected chi connectivity index (χ4v) is 0.878. The fourth-order valence-electron chi connectivity index (χ4n) is 0.878. The number of rotatable bonds is 2. The van der Waals surface area contributed by atoms with Gasteiger partial charge in [-0.25, -0.2) is 0 Å². The van der Waals surface area contributed by atoms with Gasteiger partial charge in [-0.2, -0.15) is 0 Å². The Kier molecular flexibility index (Phi) is 2.44. The summed E-state index contributed by atoms with van der Waals surface area (Å²) in [5, 5.41) is 6.09. The van der Waals surface area contributed by atoms with Gasteiger partial charge in [0.2, 0.25) is 0 Å². The molecule has 1 rings (SSSR count). The second kappa shape index (κ2) is 3.36. The smallest absolute Gasteiger partial charge is 0.256 e. The molecular formula is C7H11N3O2. The first-order valence-corrected chi connectivity index (χ1v) is 3.58. The van der Waals surface area contributed by atoms with Crippen LogP contribution in [0.15, 0.2) is 10.8 Å². The molecule has 3 N–H and O–H groups in total. The Labute approximate surface area is 69.9 Å². The highest BCUT2D eigenvalue weighted by atomic mass is 16.5. The molecule has 0 bridgehead atoms. The van der Waals surface area contributed by atoms with Crippen LogP contribution in [0.2, 0.25) is 0 Å². The number of hydrogen-bond acceptors (Lipinski definition) is 4. The standard InChI is InChI=1S/C7H11N3O2/c1-4(8)6-5(3-12-10-6)7(11)9-2/h3-4H,8H2,1-2H3,(H,9,11)/t4-/m0/s1. The average Bonchev–Trinajstić information content (AvgIpc) is 2.50. The van der Waals surface area contributed by atoms with Gasteiger partial charge in [0.25, 0.3) is 5.91 Å². The van der Waals surface area contributed by atoms with E-state index < -0.39 is 0 Å². The van der Waals surface area contributed by atoms with Crippen molar-refractivity contribution in [2.24, 2.45) is 5.73 Å². The Hall–Kier alpha value is -1.36. The van der Waals surface area contributed by atoms with Gasteiger partial charge in [-0.1, -0.05) is 5.16 Å². The van der Waals surface area contributed by atoms with Gasteiger partial charge in [-0.15, -0.1) is 0 Å². The molecule has 0 unspecified atom stereocenters. The number of amides is 1. The van der Waals surface area contributed by atoms with Crippen molar-refractivity contribution in [3.8, 4) is 0 Å². The highest BCUT2D eigenvalue weighted by Crippen LogP contribution is 2.12. The molecule has 0 spiro atoms. The number of aromatic nitrogens is 1. The second-order valence-corrected chi connectivity index (χ2v) is 2.48. The molecule has 0 saturated heterocycles. The molecule has 5 nitrogen and oxygen atoms in total. The van der Waals surface area contributed by atoms with Crippen molar-refractivity contribution in [3.05, 3.63) is 17.5 Å². The average molecular weight is 169 g/mol. The Morgan fingerprint density at radius 1 is 1.83 bits per heavy atom. The minimum atomic E-state index is -0.295. The third kappa shape index (κ3) is 1.45. The summed E-state index contributed by atoms with van der Waals surface area (Å²) in [5.74, 6) is -0.233. The molecule has 1 aromatic rings. The first-order chi connectivity index (χ1) is 5.66. The van der Waals surface area contributed by atoms with Gasteiger partial charge in [0.1, 0.15) is 17.5 Å². The normalized spacial score (nSPS) is 12.6. The summed E-state index contributed by atoms with van der Waals surface area (Å²) in [7, 11) is 1.54. The van der Waals surface area contributed by atoms with E-state index in [-0.39, 0.29) is 11.9 Å². The van der Waals surface area contributed by atoms with E-state index in [2.05, 4.69) is 15.0 Å². The molecule has 0 aliphatic heterocycles. The van der Waals surface area contributed by atoms with E-state index in [1.54, 1.807) is 14.0 Å². The van der Waals surface area contributed by atoms with Gasteiger partial charge in [0.15, 0.2) is 0 Å². The van der Waals surface area contributed by atoms with Crippen LogP contribution in [0.3, 0.4) is 0 Å². The molecule has 1 atom stereocenters. The van der Waals surface area contributed by atoms with Crippen molar-refractivity contribution >= 4 is 5.91 Å². The molecule has 0 saturated carbocycles. The zero-order valence-corrected chi connectivity index (χ0v) is 7.00. The van der Waals surface area contributed by atoms with E-state index in [9.17, 15) is 4.79 Å². The van der Waals surface area contributed by atoms with Crippen LogP contribution in [0, 0.1) is 0 Å². The summed E-state index contributed by atoms with van der Waals surface area (Å²) in [6, 6.07) is -0.295. The predicted molar refractivity (Wildman–Crippen MR) is 42.5 cm³/mol. The van der Waals surface area contributed by atoms with Gasteiger partial charge in [-0.3, -0.25) is 4.79 Å². The number of carbonyl (C=O) groups excluding carboxylic acids is 1. The van der Waals surface area contributed by atoms with Gasteiger partial charge >= 0.3 is 0 Å². The molecule has 0 aliphatic carbocycles. The van der Waals surface area contributed by atoms with Crippen LogP contribution < -0.4 is 11.1 Å². The summed E-state index contributed by atoms with van der Waals surface area (Å²) < 4.78 is 4.64. The summed E-state index contributed by atoms with van der Waals surface area (Å²) in [4.78, 5) is 11.1. The van der Waals surface area contributed by atoms with Crippen LogP contribution in [-0.2, 0) is 0 Å². The molecule has 0 fully saturated rings. The highest BCUT2D eigenvalue weighted by Gasteiger charge is 2.16. The lowest BCUT2D eigenvalue weighted by Gasteiger charge is -2.01. The molecule has 0 radical (unpaired) electrons. The molecule has 1 heterocycles. The highest BCUT2D eigenvalue weighted by molar-refractivity contribution is 5.94. The molecule has 66 valence electrons. The third-order valence-electron chi connectivity index (χ3n) is 1.50. The Morgan fingerprint density at radius 2 is 2.50 bits per heavy atom. The van der Waals surface area contributed by atoms with Crippen LogP contribution in [0.5, 0.6) is 0 Å². The lowest BCUT2D eigenvalue weighted by atomic mass is 10.1. The van der Waals surface area contributed by atoms with Gasteiger partial charge in [0, 0.05) is 13.1 Å². The minimum Gasteiger partial charge on any atom is -0.364 e. The second-order valence-electron chi connectivity index (χ2n) is 2.48. The van der Waals surface area contributed by atoms with E-state index in [0.29, 0.717) is 11.3 Å². The Balaban J connectivity index is 2.99. The van der Waals surface area contributed by atoms with Gasteiger partial charge in [-0.05, 0) is 6.92 Å². The summed E-state index contributed by atoms with van der Waals surface area (Å²) in [6.07, 6.45) is 1.29. The zero-order chi connectivity index (χ0) is 9.14. The maximum Gasteiger partial charge on any atom is 0.256 e. The van der Waals surface area contributed by atoms with Gasteiger partial charge < -0.3 is 15.6 Å². The molecule has 5 heteroatoms. The van der Waals surface area contributed by atoms with Crippen molar-refractivity contribution in [1.29, 1.82) is 0 Å². The summed E-state index contributed by atoms with van der Waals surface area (Å²) in [5.41, 5.74) is 6.43. The van der Waals surface area contributed by atoms with Gasteiger partial charge in [0.05, 0.1) is 0 Å². The van der Waals surface area contributed by atoms with Crippen molar-refractivity contribution in [2.45, 2.75) is 13.0 Å². The monoisotopic (exact) mass is 169 g/mol. The Morgan fingerprint density at radius 3 is 3.00 bits per heavy atom. The predicted octanol–water partition coefficient (Wildman–Crippen LogP) is 0.0539. The SMILES string of the molecule is CNC(=O)c1conc1[C@H](C)N. The minimum absolute atomic E-state index is 0.233. The van der Waals surface area contributed by atoms with E-state index in [1.807, 2.05) is 0 Å². The molecule has 0 aromatic carbocycles. The van der Waals surface area contributed by atoms with Crippen LogP contribution in [0.25, 0.3) is 0 Å². The molecule has 1 aromatic heterocycles. The zero-order valence-electron chi connectivity index (χ0n) is 7.00. The van der Waals surface area contributed by atoms with E-state index in [0.717, 1.165) is 0 Å². The van der Waals surface area contributed by atoms with Crippen LogP contribution in [-0.4, -0.2) is 18.1 Å². The van der Waals surface area contributed by atoms with Crippen molar-refractivity contribution < 1.29 is 9.32 Å². The fraction of sp³-hybridized carbons (Fsp3) is 0.429. The molecule has 12 heavy (non-hydrogen) atoms. The first-order valence-electron chi connectivity index (χ1n) is 3.58. The van der Waals surface area contributed by atoms with Crippen LogP contribution in [0.4, 0.5) is 0 Å². The summed E-state index contributed by atoms with van der Waals surface area (Å²) >= 11 is 0. The maximum atomic E-state index is 11.1. The van der Waals surface area contributed by atoms with Crippen molar-refractivity contribution in [3.63, 3.8) is 0 Å².